The van der Waals surface area contributed by atoms with Crippen molar-refractivity contribution in [2.75, 3.05) is 0 Å². The molecule has 0 unspecified atom stereocenters. The SMILES string of the molecule is CCc1cnc(CNC2CC(c3ccccc3F)C2)o1. The number of rotatable bonds is 5. The van der Waals surface area contributed by atoms with E-state index >= 15 is 0 Å². The summed E-state index contributed by atoms with van der Waals surface area (Å²) < 4.78 is 19.2. The van der Waals surface area contributed by atoms with Crippen LogP contribution in [0.5, 0.6) is 0 Å². The molecule has 1 aliphatic carbocycles. The molecule has 106 valence electrons. The fourth-order valence-electron chi connectivity index (χ4n) is 2.67. The summed E-state index contributed by atoms with van der Waals surface area (Å²) in [6.07, 6.45) is 4.59. The topological polar surface area (TPSA) is 38.1 Å². The number of oxazole rings is 1. The lowest BCUT2D eigenvalue weighted by Gasteiger charge is -2.36. The van der Waals surface area contributed by atoms with Gasteiger partial charge in [0, 0.05) is 12.5 Å². The van der Waals surface area contributed by atoms with E-state index in [-0.39, 0.29) is 5.82 Å². The minimum absolute atomic E-state index is 0.0868. The highest BCUT2D eigenvalue weighted by molar-refractivity contribution is 5.24. The van der Waals surface area contributed by atoms with Crippen molar-refractivity contribution in [3.8, 4) is 0 Å². The Morgan fingerprint density at radius 1 is 1.35 bits per heavy atom. The van der Waals surface area contributed by atoms with Gasteiger partial charge in [-0.05, 0) is 30.4 Å². The number of aromatic nitrogens is 1. The molecular formula is C16H19FN2O. The number of halogens is 1. The van der Waals surface area contributed by atoms with Crippen LogP contribution >= 0.6 is 0 Å². The third-order valence-electron chi connectivity index (χ3n) is 3.97. The van der Waals surface area contributed by atoms with Gasteiger partial charge in [-0.1, -0.05) is 25.1 Å². The molecule has 0 radical (unpaired) electrons. The van der Waals surface area contributed by atoms with Gasteiger partial charge in [-0.25, -0.2) is 9.37 Å². The van der Waals surface area contributed by atoms with Crippen molar-refractivity contribution >= 4 is 0 Å². The highest BCUT2D eigenvalue weighted by atomic mass is 19.1. The van der Waals surface area contributed by atoms with Gasteiger partial charge in [0.1, 0.15) is 11.6 Å². The Morgan fingerprint density at radius 3 is 2.85 bits per heavy atom. The van der Waals surface area contributed by atoms with Crippen molar-refractivity contribution in [2.45, 2.75) is 44.7 Å². The number of aryl methyl sites for hydroxylation is 1. The van der Waals surface area contributed by atoms with Crippen molar-refractivity contribution in [1.82, 2.24) is 10.3 Å². The van der Waals surface area contributed by atoms with Crippen LogP contribution in [-0.4, -0.2) is 11.0 Å². The zero-order valence-corrected chi connectivity index (χ0v) is 11.6. The quantitative estimate of drug-likeness (QED) is 0.908. The lowest BCUT2D eigenvalue weighted by Crippen LogP contribution is -2.39. The van der Waals surface area contributed by atoms with Gasteiger partial charge in [0.2, 0.25) is 5.89 Å². The predicted molar refractivity (Wildman–Crippen MR) is 74.9 cm³/mol. The molecule has 1 fully saturated rings. The molecule has 1 heterocycles. The van der Waals surface area contributed by atoms with Gasteiger partial charge in [0.05, 0.1) is 12.7 Å². The van der Waals surface area contributed by atoms with Gasteiger partial charge >= 0.3 is 0 Å². The van der Waals surface area contributed by atoms with Crippen LogP contribution in [0, 0.1) is 5.82 Å². The molecule has 0 spiro atoms. The van der Waals surface area contributed by atoms with E-state index in [0.29, 0.717) is 18.5 Å². The number of benzene rings is 1. The first-order valence-electron chi connectivity index (χ1n) is 7.17. The van der Waals surface area contributed by atoms with Crippen molar-refractivity contribution < 1.29 is 8.81 Å². The van der Waals surface area contributed by atoms with Gasteiger partial charge in [-0.3, -0.25) is 0 Å². The van der Waals surface area contributed by atoms with Gasteiger partial charge in [0.15, 0.2) is 0 Å². The van der Waals surface area contributed by atoms with Crippen LogP contribution in [0.25, 0.3) is 0 Å². The number of hydrogen-bond donors (Lipinski definition) is 1. The van der Waals surface area contributed by atoms with Crippen LogP contribution in [-0.2, 0) is 13.0 Å². The molecule has 1 aliphatic rings. The summed E-state index contributed by atoms with van der Waals surface area (Å²) in [7, 11) is 0. The Bertz CT molecular complexity index is 575. The van der Waals surface area contributed by atoms with Crippen molar-refractivity contribution in [1.29, 1.82) is 0 Å². The van der Waals surface area contributed by atoms with Crippen molar-refractivity contribution in [3.63, 3.8) is 0 Å². The largest absolute Gasteiger partial charge is 0.444 e. The number of hydrogen-bond acceptors (Lipinski definition) is 3. The zero-order chi connectivity index (χ0) is 13.9. The second-order valence-electron chi connectivity index (χ2n) is 5.34. The molecule has 1 aromatic heterocycles. The molecule has 1 aromatic carbocycles. The minimum Gasteiger partial charge on any atom is -0.444 e. The first-order chi connectivity index (χ1) is 9.76. The molecule has 1 N–H and O–H groups in total. The standard InChI is InChI=1S/C16H19FN2O/c1-2-13-9-19-16(20-13)10-18-12-7-11(8-12)14-5-3-4-6-15(14)17/h3-6,9,11-12,18H,2,7-8,10H2,1H3. The summed E-state index contributed by atoms with van der Waals surface area (Å²) in [5.74, 6) is 1.90. The van der Waals surface area contributed by atoms with Crippen LogP contribution in [0.1, 0.15) is 42.9 Å². The Hall–Kier alpha value is -1.68. The summed E-state index contributed by atoms with van der Waals surface area (Å²) in [6.45, 7) is 2.69. The molecule has 0 amide bonds. The fourth-order valence-corrected chi connectivity index (χ4v) is 2.67. The summed E-state index contributed by atoms with van der Waals surface area (Å²) >= 11 is 0. The van der Waals surface area contributed by atoms with Crippen LogP contribution in [0.15, 0.2) is 34.9 Å². The second-order valence-corrected chi connectivity index (χ2v) is 5.34. The van der Waals surface area contributed by atoms with E-state index in [2.05, 4.69) is 10.3 Å². The summed E-state index contributed by atoms with van der Waals surface area (Å²) in [6, 6.07) is 7.49. The first kappa shape index (κ1) is 13.3. The normalized spacial score (nSPS) is 21.7. The molecule has 4 heteroatoms. The molecule has 1 saturated carbocycles. The average Bonchev–Trinajstić information content (AvgIpc) is 2.87. The maximum absolute atomic E-state index is 13.6. The van der Waals surface area contributed by atoms with Crippen LogP contribution in [0.3, 0.4) is 0 Å². The van der Waals surface area contributed by atoms with E-state index in [1.807, 2.05) is 19.1 Å². The molecule has 0 bridgehead atoms. The van der Waals surface area contributed by atoms with Gasteiger partial charge in [0.25, 0.3) is 0 Å². The van der Waals surface area contributed by atoms with Crippen molar-refractivity contribution in [2.24, 2.45) is 0 Å². The minimum atomic E-state index is -0.0868. The Balaban J connectivity index is 1.48. The fraction of sp³-hybridized carbons (Fsp3) is 0.438. The van der Waals surface area contributed by atoms with E-state index in [1.165, 1.54) is 6.07 Å². The van der Waals surface area contributed by atoms with Gasteiger partial charge in [-0.15, -0.1) is 0 Å². The van der Waals surface area contributed by atoms with E-state index in [0.717, 1.165) is 36.5 Å². The molecular weight excluding hydrogens is 255 g/mol. The monoisotopic (exact) mass is 274 g/mol. The Labute approximate surface area is 118 Å². The molecule has 3 nitrogen and oxygen atoms in total. The zero-order valence-electron chi connectivity index (χ0n) is 11.6. The summed E-state index contributed by atoms with van der Waals surface area (Å²) in [5, 5.41) is 3.41. The van der Waals surface area contributed by atoms with Gasteiger partial charge in [-0.2, -0.15) is 0 Å². The van der Waals surface area contributed by atoms with Crippen molar-refractivity contribution in [3.05, 3.63) is 53.5 Å². The third-order valence-corrected chi connectivity index (χ3v) is 3.97. The lowest BCUT2D eigenvalue weighted by atomic mass is 9.75. The summed E-state index contributed by atoms with van der Waals surface area (Å²) in [4.78, 5) is 4.22. The smallest absolute Gasteiger partial charge is 0.208 e. The lowest BCUT2D eigenvalue weighted by molar-refractivity contribution is 0.273. The van der Waals surface area contributed by atoms with E-state index < -0.39 is 0 Å². The molecule has 3 rings (SSSR count). The van der Waals surface area contributed by atoms with E-state index in [1.54, 1.807) is 12.3 Å². The Morgan fingerprint density at radius 2 is 2.15 bits per heavy atom. The number of nitrogens with zero attached hydrogens (tertiary/aromatic N) is 1. The van der Waals surface area contributed by atoms with Crippen LogP contribution < -0.4 is 5.32 Å². The third kappa shape index (κ3) is 2.75. The van der Waals surface area contributed by atoms with Crippen LogP contribution in [0.2, 0.25) is 0 Å². The predicted octanol–water partition coefficient (Wildman–Crippen LogP) is 3.41. The van der Waals surface area contributed by atoms with E-state index in [9.17, 15) is 4.39 Å². The highest BCUT2D eigenvalue weighted by Gasteiger charge is 2.31. The first-order valence-corrected chi connectivity index (χ1v) is 7.17. The molecule has 2 aromatic rings. The molecule has 0 aliphatic heterocycles. The average molecular weight is 274 g/mol. The molecule has 20 heavy (non-hydrogen) atoms. The molecule has 0 atom stereocenters. The highest BCUT2D eigenvalue weighted by Crippen LogP contribution is 2.38. The van der Waals surface area contributed by atoms with E-state index in [4.69, 9.17) is 4.42 Å². The second kappa shape index (κ2) is 5.75. The maximum atomic E-state index is 13.6. The maximum Gasteiger partial charge on any atom is 0.208 e. The van der Waals surface area contributed by atoms with Gasteiger partial charge < -0.3 is 9.73 Å². The Kier molecular flexibility index (Phi) is 3.83. The number of nitrogens with one attached hydrogen (secondary N) is 1. The summed E-state index contributed by atoms with van der Waals surface area (Å²) in [5.41, 5.74) is 0.843. The molecule has 0 saturated heterocycles. The van der Waals surface area contributed by atoms with Crippen LogP contribution in [0.4, 0.5) is 4.39 Å².